The van der Waals surface area contributed by atoms with Crippen LogP contribution in [0.4, 0.5) is 13.2 Å². The van der Waals surface area contributed by atoms with Crippen molar-refractivity contribution < 1.29 is 27.9 Å². The smallest absolute Gasteiger partial charge is 0.416 e. The van der Waals surface area contributed by atoms with Crippen molar-refractivity contribution in [2.45, 2.75) is 38.3 Å². The number of aliphatic carboxylic acids is 1. The van der Waals surface area contributed by atoms with Gasteiger partial charge in [0.2, 0.25) is 5.91 Å². The molecule has 1 aliphatic carbocycles. The minimum atomic E-state index is -4.46. The number of carboxylic acids is 1. The van der Waals surface area contributed by atoms with Crippen LogP contribution in [0.15, 0.2) is 24.3 Å². The van der Waals surface area contributed by atoms with Gasteiger partial charge in [0.1, 0.15) is 0 Å². The number of carbonyl (C=O) groups is 2. The number of nitrogens with zero attached hydrogens (tertiary/aromatic N) is 1. The highest BCUT2D eigenvalue weighted by Crippen LogP contribution is 2.44. The van der Waals surface area contributed by atoms with Crippen molar-refractivity contribution in [3.63, 3.8) is 0 Å². The van der Waals surface area contributed by atoms with Crippen LogP contribution in [0.1, 0.15) is 43.2 Å². The van der Waals surface area contributed by atoms with E-state index in [4.69, 9.17) is 0 Å². The molecule has 1 saturated carbocycles. The molecule has 0 radical (unpaired) electrons. The molecule has 1 aromatic rings. The Morgan fingerprint density at radius 3 is 2.50 bits per heavy atom. The fourth-order valence-electron chi connectivity index (χ4n) is 3.98. The number of hydrogen-bond acceptors (Lipinski definition) is 2. The van der Waals surface area contributed by atoms with Crippen LogP contribution in [-0.4, -0.2) is 35.0 Å². The lowest BCUT2D eigenvalue weighted by Gasteiger charge is -2.23. The lowest BCUT2D eigenvalue weighted by atomic mass is 9.92. The molecule has 1 unspecified atom stereocenters. The molecule has 1 saturated heterocycles. The van der Waals surface area contributed by atoms with Gasteiger partial charge < -0.3 is 10.0 Å². The van der Waals surface area contributed by atoms with Gasteiger partial charge in [-0.2, -0.15) is 13.2 Å². The maximum absolute atomic E-state index is 13.0. The Labute approximate surface area is 150 Å². The van der Waals surface area contributed by atoms with E-state index < -0.39 is 29.5 Å². The van der Waals surface area contributed by atoms with Crippen molar-refractivity contribution >= 4 is 11.9 Å². The summed E-state index contributed by atoms with van der Waals surface area (Å²) in [6, 6.07) is 4.85. The second-order valence-corrected chi connectivity index (χ2v) is 7.27. The summed E-state index contributed by atoms with van der Waals surface area (Å²) in [6.07, 6.45) is -2.12. The van der Waals surface area contributed by atoms with Crippen LogP contribution in [0.5, 0.6) is 0 Å². The molecule has 26 heavy (non-hydrogen) atoms. The van der Waals surface area contributed by atoms with E-state index in [1.54, 1.807) is 6.92 Å². The summed E-state index contributed by atoms with van der Waals surface area (Å²) in [7, 11) is 0. The summed E-state index contributed by atoms with van der Waals surface area (Å²) in [5, 5.41) is 9.44. The van der Waals surface area contributed by atoms with Gasteiger partial charge in [0.15, 0.2) is 0 Å². The van der Waals surface area contributed by atoms with Crippen LogP contribution in [0.2, 0.25) is 0 Å². The molecule has 3 atom stereocenters. The zero-order valence-electron chi connectivity index (χ0n) is 14.5. The minimum Gasteiger partial charge on any atom is -0.481 e. The van der Waals surface area contributed by atoms with Crippen LogP contribution >= 0.6 is 0 Å². The Morgan fingerprint density at radius 1 is 1.27 bits per heavy atom. The summed E-state index contributed by atoms with van der Waals surface area (Å²) in [5.41, 5.74) is -0.448. The maximum Gasteiger partial charge on any atom is 0.416 e. The molecule has 7 heteroatoms. The molecule has 1 aliphatic heterocycles. The summed E-state index contributed by atoms with van der Waals surface area (Å²) < 4.78 is 38.9. The van der Waals surface area contributed by atoms with Crippen LogP contribution < -0.4 is 0 Å². The normalized spacial score (nSPS) is 24.5. The summed E-state index contributed by atoms with van der Waals surface area (Å²) in [6.45, 7) is 2.28. The van der Waals surface area contributed by atoms with Gasteiger partial charge in [0, 0.05) is 13.1 Å². The van der Waals surface area contributed by atoms with Crippen molar-refractivity contribution in [3.8, 4) is 0 Å². The SMILES string of the molecule is CCC(C(=O)N1C[C@H](C(=O)O)[C@@H](C2CC2)C1)c1cccc(C(F)(F)F)c1. The highest BCUT2D eigenvalue weighted by Gasteiger charge is 2.47. The first-order valence-electron chi connectivity index (χ1n) is 8.91. The molecule has 2 fully saturated rings. The number of carbonyl (C=O) groups excluding carboxylic acids is 1. The van der Waals surface area contributed by atoms with Crippen molar-refractivity contribution in [2.75, 3.05) is 13.1 Å². The molecule has 1 amide bonds. The second-order valence-electron chi connectivity index (χ2n) is 7.27. The second kappa shape index (κ2) is 6.93. The number of amides is 1. The van der Waals surface area contributed by atoms with E-state index in [1.807, 2.05) is 0 Å². The lowest BCUT2D eigenvalue weighted by Crippen LogP contribution is -2.34. The standard InChI is InChI=1S/C19H22F3NO3/c1-2-14(12-4-3-5-13(8-12)19(20,21)22)17(24)23-9-15(11-6-7-11)16(10-23)18(25)26/h3-5,8,11,14-16H,2,6-7,9-10H2,1H3,(H,25,26)/t14?,15-,16+/m1/s1. The van der Waals surface area contributed by atoms with Gasteiger partial charge in [-0.3, -0.25) is 9.59 Å². The van der Waals surface area contributed by atoms with E-state index in [0.717, 1.165) is 25.0 Å². The number of benzene rings is 1. The molecule has 0 aromatic heterocycles. The highest BCUT2D eigenvalue weighted by molar-refractivity contribution is 5.85. The first-order valence-corrected chi connectivity index (χ1v) is 8.91. The maximum atomic E-state index is 13.0. The van der Waals surface area contributed by atoms with Gasteiger partial charge in [-0.15, -0.1) is 0 Å². The number of hydrogen-bond donors (Lipinski definition) is 1. The third-order valence-corrected chi connectivity index (χ3v) is 5.54. The van der Waals surface area contributed by atoms with Crippen molar-refractivity contribution in [1.82, 2.24) is 4.90 Å². The van der Waals surface area contributed by atoms with E-state index in [-0.39, 0.29) is 18.4 Å². The largest absolute Gasteiger partial charge is 0.481 e. The van der Waals surface area contributed by atoms with Crippen LogP contribution in [0.25, 0.3) is 0 Å². The quantitative estimate of drug-likeness (QED) is 0.860. The average molecular weight is 369 g/mol. The summed E-state index contributed by atoms with van der Waals surface area (Å²) in [4.78, 5) is 26.0. The molecule has 2 aliphatic rings. The molecular formula is C19H22F3NO3. The fourth-order valence-corrected chi connectivity index (χ4v) is 3.98. The van der Waals surface area contributed by atoms with Crippen molar-refractivity contribution in [2.24, 2.45) is 17.8 Å². The predicted octanol–water partition coefficient (Wildman–Crippen LogP) is 3.77. The Balaban J connectivity index is 1.80. The number of alkyl halides is 3. The van der Waals surface area contributed by atoms with E-state index in [9.17, 15) is 27.9 Å². The third kappa shape index (κ3) is 3.71. The highest BCUT2D eigenvalue weighted by atomic mass is 19.4. The van der Waals surface area contributed by atoms with Crippen LogP contribution in [0, 0.1) is 17.8 Å². The molecule has 4 nitrogen and oxygen atoms in total. The zero-order valence-corrected chi connectivity index (χ0v) is 14.5. The molecule has 0 spiro atoms. The Morgan fingerprint density at radius 2 is 1.96 bits per heavy atom. The van der Waals surface area contributed by atoms with Gasteiger partial charge in [-0.25, -0.2) is 0 Å². The molecule has 142 valence electrons. The van der Waals surface area contributed by atoms with Crippen LogP contribution in [0.3, 0.4) is 0 Å². The monoisotopic (exact) mass is 369 g/mol. The van der Waals surface area contributed by atoms with Gasteiger partial charge in [0.05, 0.1) is 17.4 Å². The summed E-state index contributed by atoms with van der Waals surface area (Å²) >= 11 is 0. The topological polar surface area (TPSA) is 57.6 Å². The fraction of sp³-hybridized carbons (Fsp3) is 0.579. The van der Waals surface area contributed by atoms with Gasteiger partial charge >= 0.3 is 12.1 Å². The van der Waals surface area contributed by atoms with Crippen LogP contribution in [-0.2, 0) is 15.8 Å². The van der Waals surface area contributed by atoms with E-state index >= 15 is 0 Å². The molecule has 3 rings (SSSR count). The molecule has 1 N–H and O–H groups in total. The third-order valence-electron chi connectivity index (χ3n) is 5.54. The zero-order chi connectivity index (χ0) is 19.1. The molecular weight excluding hydrogens is 347 g/mol. The molecule has 1 heterocycles. The minimum absolute atomic E-state index is 0.0459. The molecule has 0 bridgehead atoms. The Bertz CT molecular complexity index is 700. The predicted molar refractivity (Wildman–Crippen MR) is 88.4 cm³/mol. The first kappa shape index (κ1) is 18.7. The lowest BCUT2D eigenvalue weighted by molar-refractivity contribution is -0.143. The van der Waals surface area contributed by atoms with E-state index in [1.165, 1.54) is 17.0 Å². The number of likely N-dealkylation sites (tertiary alicyclic amines) is 1. The van der Waals surface area contributed by atoms with E-state index in [2.05, 4.69) is 0 Å². The van der Waals surface area contributed by atoms with E-state index in [0.29, 0.717) is 24.4 Å². The number of halogens is 3. The number of carboxylic acid groups (broad SMARTS) is 1. The van der Waals surface area contributed by atoms with Crippen molar-refractivity contribution in [1.29, 1.82) is 0 Å². The number of rotatable bonds is 5. The summed E-state index contributed by atoms with van der Waals surface area (Å²) in [5.74, 6) is -2.14. The van der Waals surface area contributed by atoms with Gasteiger partial charge in [-0.1, -0.05) is 25.1 Å². The average Bonchev–Trinajstić information content (AvgIpc) is 3.33. The van der Waals surface area contributed by atoms with Gasteiger partial charge in [0.25, 0.3) is 0 Å². The Hall–Kier alpha value is -2.05. The Kier molecular flexibility index (Phi) is 4.99. The van der Waals surface area contributed by atoms with Gasteiger partial charge in [-0.05, 0) is 42.7 Å². The first-order chi connectivity index (χ1) is 12.2. The molecule has 1 aromatic carbocycles. The van der Waals surface area contributed by atoms with Crippen molar-refractivity contribution in [3.05, 3.63) is 35.4 Å².